The first-order chi connectivity index (χ1) is 12.5. The number of aromatic nitrogens is 1. The van der Waals surface area contributed by atoms with Crippen molar-refractivity contribution in [1.29, 1.82) is 0 Å². The van der Waals surface area contributed by atoms with Gasteiger partial charge in [-0.3, -0.25) is 4.79 Å². The molecule has 1 aliphatic heterocycles. The standard InChI is InChI=1S/C18H18Cl2N2O4/c19-11-4-5-12(13(20)9-11)15-10-21-16(26-15)6-7-17(23)22-8-2-1-3-14(22)18(24)25/h4-5,9-10,14H,1-3,6-8H2,(H,24,25). The van der Waals surface area contributed by atoms with E-state index in [4.69, 9.17) is 27.6 Å². The quantitative estimate of drug-likeness (QED) is 0.823. The largest absolute Gasteiger partial charge is 0.480 e. The summed E-state index contributed by atoms with van der Waals surface area (Å²) in [5, 5.41) is 10.3. The average molecular weight is 397 g/mol. The van der Waals surface area contributed by atoms with Crippen LogP contribution in [0.2, 0.25) is 10.0 Å². The van der Waals surface area contributed by atoms with Gasteiger partial charge in [0.15, 0.2) is 11.7 Å². The maximum atomic E-state index is 12.4. The summed E-state index contributed by atoms with van der Waals surface area (Å²) in [5.74, 6) is -0.242. The Morgan fingerprint density at radius 1 is 1.31 bits per heavy atom. The average Bonchev–Trinajstić information content (AvgIpc) is 3.08. The highest BCUT2D eigenvalue weighted by Gasteiger charge is 2.31. The number of likely N-dealkylation sites (tertiary alicyclic amines) is 1. The molecular formula is C18H18Cl2N2O4. The van der Waals surface area contributed by atoms with Gasteiger partial charge in [0.25, 0.3) is 0 Å². The van der Waals surface area contributed by atoms with Crippen molar-refractivity contribution in [3.8, 4) is 11.3 Å². The second kappa shape index (κ2) is 8.10. The molecule has 0 bridgehead atoms. The molecule has 2 heterocycles. The van der Waals surface area contributed by atoms with Gasteiger partial charge in [-0.1, -0.05) is 23.2 Å². The first-order valence-electron chi connectivity index (χ1n) is 8.38. The summed E-state index contributed by atoms with van der Waals surface area (Å²) in [6.07, 6.45) is 4.15. The van der Waals surface area contributed by atoms with Crippen LogP contribution in [0.5, 0.6) is 0 Å². The number of aliphatic carboxylic acids is 1. The Balaban J connectivity index is 1.64. The van der Waals surface area contributed by atoms with Gasteiger partial charge in [-0.15, -0.1) is 0 Å². The van der Waals surface area contributed by atoms with Crippen molar-refractivity contribution in [1.82, 2.24) is 9.88 Å². The van der Waals surface area contributed by atoms with Gasteiger partial charge in [0.2, 0.25) is 5.91 Å². The summed E-state index contributed by atoms with van der Waals surface area (Å²) >= 11 is 12.0. The van der Waals surface area contributed by atoms with Crippen molar-refractivity contribution in [3.63, 3.8) is 0 Å². The van der Waals surface area contributed by atoms with Gasteiger partial charge >= 0.3 is 5.97 Å². The molecule has 1 aliphatic rings. The van der Waals surface area contributed by atoms with E-state index in [1.807, 2.05) is 0 Å². The summed E-state index contributed by atoms with van der Waals surface area (Å²) in [7, 11) is 0. The van der Waals surface area contributed by atoms with Crippen LogP contribution in [-0.2, 0) is 16.0 Å². The van der Waals surface area contributed by atoms with Gasteiger partial charge in [-0.2, -0.15) is 0 Å². The van der Waals surface area contributed by atoms with Crippen LogP contribution in [0.4, 0.5) is 0 Å². The lowest BCUT2D eigenvalue weighted by atomic mass is 10.0. The Morgan fingerprint density at radius 3 is 2.85 bits per heavy atom. The van der Waals surface area contributed by atoms with Crippen molar-refractivity contribution in [2.75, 3.05) is 6.54 Å². The monoisotopic (exact) mass is 396 g/mol. The van der Waals surface area contributed by atoms with Gasteiger partial charge in [0.1, 0.15) is 6.04 Å². The molecule has 3 rings (SSSR count). The van der Waals surface area contributed by atoms with Gasteiger partial charge in [0.05, 0.1) is 11.2 Å². The number of carbonyl (C=O) groups excluding carboxylic acids is 1. The van der Waals surface area contributed by atoms with Crippen molar-refractivity contribution in [3.05, 3.63) is 40.3 Å². The van der Waals surface area contributed by atoms with Gasteiger partial charge in [0, 0.05) is 30.0 Å². The number of carbonyl (C=O) groups is 2. The minimum Gasteiger partial charge on any atom is -0.480 e. The molecule has 1 atom stereocenters. The summed E-state index contributed by atoms with van der Waals surface area (Å²) in [6.45, 7) is 0.479. The fourth-order valence-electron chi connectivity index (χ4n) is 3.08. The number of carboxylic acid groups (broad SMARTS) is 1. The topological polar surface area (TPSA) is 83.6 Å². The predicted octanol–water partition coefficient (Wildman–Crippen LogP) is 4.05. The second-order valence-electron chi connectivity index (χ2n) is 6.18. The summed E-state index contributed by atoms with van der Waals surface area (Å²) < 4.78 is 5.68. The van der Waals surface area contributed by atoms with E-state index in [1.165, 1.54) is 4.90 Å². The van der Waals surface area contributed by atoms with Crippen LogP contribution >= 0.6 is 23.2 Å². The zero-order valence-corrected chi connectivity index (χ0v) is 15.5. The van der Waals surface area contributed by atoms with E-state index in [0.717, 1.165) is 12.8 Å². The summed E-state index contributed by atoms with van der Waals surface area (Å²) in [6, 6.07) is 4.33. The number of amides is 1. The van der Waals surface area contributed by atoms with Crippen molar-refractivity contribution < 1.29 is 19.1 Å². The number of hydrogen-bond donors (Lipinski definition) is 1. The third kappa shape index (κ3) is 4.19. The second-order valence-corrected chi connectivity index (χ2v) is 7.02. The first-order valence-corrected chi connectivity index (χ1v) is 9.13. The Bertz CT molecular complexity index is 821. The molecule has 1 amide bonds. The maximum Gasteiger partial charge on any atom is 0.326 e. The van der Waals surface area contributed by atoms with E-state index >= 15 is 0 Å². The zero-order valence-electron chi connectivity index (χ0n) is 14.0. The minimum absolute atomic E-state index is 0.151. The number of benzene rings is 1. The lowest BCUT2D eigenvalue weighted by Gasteiger charge is -2.32. The van der Waals surface area contributed by atoms with Crippen LogP contribution in [0.25, 0.3) is 11.3 Å². The molecular weight excluding hydrogens is 379 g/mol. The van der Waals surface area contributed by atoms with Crippen molar-refractivity contribution in [2.45, 2.75) is 38.1 Å². The minimum atomic E-state index is -0.950. The Hall–Kier alpha value is -2.05. The number of oxazole rings is 1. The fraction of sp³-hybridized carbons (Fsp3) is 0.389. The molecule has 1 N–H and O–H groups in total. The molecule has 0 spiro atoms. The normalized spacial score (nSPS) is 17.3. The molecule has 0 radical (unpaired) electrons. The number of nitrogens with zero attached hydrogens (tertiary/aromatic N) is 2. The summed E-state index contributed by atoms with van der Waals surface area (Å²) in [4.78, 5) is 29.4. The number of rotatable bonds is 5. The highest BCUT2D eigenvalue weighted by atomic mass is 35.5. The van der Waals surface area contributed by atoms with Crippen LogP contribution < -0.4 is 0 Å². The van der Waals surface area contributed by atoms with Crippen LogP contribution in [0, 0.1) is 0 Å². The molecule has 1 fully saturated rings. The lowest BCUT2D eigenvalue weighted by Crippen LogP contribution is -2.48. The van der Waals surface area contributed by atoms with E-state index in [1.54, 1.807) is 24.4 Å². The third-order valence-electron chi connectivity index (χ3n) is 4.41. The van der Waals surface area contributed by atoms with E-state index in [9.17, 15) is 14.7 Å². The first kappa shape index (κ1) is 18.7. The zero-order chi connectivity index (χ0) is 18.7. The molecule has 138 valence electrons. The maximum absolute atomic E-state index is 12.4. The smallest absolute Gasteiger partial charge is 0.326 e. The molecule has 1 aromatic carbocycles. The van der Waals surface area contributed by atoms with E-state index < -0.39 is 12.0 Å². The Labute approximate surface area is 160 Å². The van der Waals surface area contributed by atoms with E-state index in [-0.39, 0.29) is 12.3 Å². The van der Waals surface area contributed by atoms with Crippen LogP contribution in [0.1, 0.15) is 31.6 Å². The van der Waals surface area contributed by atoms with Crippen molar-refractivity contribution >= 4 is 35.1 Å². The molecule has 26 heavy (non-hydrogen) atoms. The van der Waals surface area contributed by atoms with Crippen molar-refractivity contribution in [2.24, 2.45) is 0 Å². The predicted molar refractivity (Wildman–Crippen MR) is 97.3 cm³/mol. The Kier molecular flexibility index (Phi) is 5.84. The number of carboxylic acids is 1. The highest BCUT2D eigenvalue weighted by Crippen LogP contribution is 2.31. The highest BCUT2D eigenvalue weighted by molar-refractivity contribution is 6.36. The molecule has 1 unspecified atom stereocenters. The SMILES string of the molecule is O=C(O)C1CCCCN1C(=O)CCc1ncc(-c2ccc(Cl)cc2Cl)o1. The molecule has 1 aromatic heterocycles. The lowest BCUT2D eigenvalue weighted by molar-refractivity contribution is -0.152. The number of halogens is 2. The number of hydrogen-bond acceptors (Lipinski definition) is 4. The molecule has 8 heteroatoms. The Morgan fingerprint density at radius 2 is 2.12 bits per heavy atom. The number of aryl methyl sites for hydroxylation is 1. The molecule has 0 saturated carbocycles. The summed E-state index contributed by atoms with van der Waals surface area (Å²) in [5.41, 5.74) is 0.670. The van der Waals surface area contributed by atoms with Gasteiger partial charge in [-0.05, 0) is 37.5 Å². The van der Waals surface area contributed by atoms with E-state index in [0.29, 0.717) is 46.6 Å². The molecule has 0 aliphatic carbocycles. The van der Waals surface area contributed by atoms with Crippen LogP contribution in [0.3, 0.4) is 0 Å². The van der Waals surface area contributed by atoms with Gasteiger partial charge in [-0.25, -0.2) is 9.78 Å². The van der Waals surface area contributed by atoms with Crippen LogP contribution in [-0.4, -0.2) is 39.5 Å². The molecule has 6 nitrogen and oxygen atoms in total. The van der Waals surface area contributed by atoms with Crippen LogP contribution in [0.15, 0.2) is 28.8 Å². The molecule has 1 saturated heterocycles. The third-order valence-corrected chi connectivity index (χ3v) is 4.96. The number of piperidine rings is 1. The molecule has 2 aromatic rings. The fourth-order valence-corrected chi connectivity index (χ4v) is 3.59. The van der Waals surface area contributed by atoms with Gasteiger partial charge < -0.3 is 14.4 Å². The van der Waals surface area contributed by atoms with E-state index in [2.05, 4.69) is 4.98 Å².